The van der Waals surface area contributed by atoms with Crippen molar-refractivity contribution in [2.24, 2.45) is 0 Å². The zero-order valence-corrected chi connectivity index (χ0v) is 17.8. The number of carbonyl (C=O) groups is 3. The summed E-state index contributed by atoms with van der Waals surface area (Å²) in [7, 11) is 2.69. The van der Waals surface area contributed by atoms with Gasteiger partial charge in [0, 0.05) is 5.56 Å². The van der Waals surface area contributed by atoms with Crippen molar-refractivity contribution in [1.29, 1.82) is 0 Å². The van der Waals surface area contributed by atoms with Gasteiger partial charge in [-0.15, -0.1) is 0 Å². The highest BCUT2D eigenvalue weighted by Crippen LogP contribution is 2.17. The van der Waals surface area contributed by atoms with Gasteiger partial charge >= 0.3 is 11.9 Å². The molecule has 0 heterocycles. The Kier molecular flexibility index (Phi) is 7.49. The standard InChI is InChI=1S/C27H22O5/c1-31-26(29)24-11-7-19(8-12-24)3-5-21-15-22(17-23(16-21)18-28)6-4-20-9-13-25(14-10-20)27(30)32-2/h3-18H,1-2H3/b5-3+,6-4+. The molecule has 3 aromatic rings. The summed E-state index contributed by atoms with van der Waals surface area (Å²) in [6.45, 7) is 0. The molecule has 5 heteroatoms. The summed E-state index contributed by atoms with van der Waals surface area (Å²) in [6.07, 6.45) is 8.43. The van der Waals surface area contributed by atoms with Crippen molar-refractivity contribution >= 4 is 42.5 Å². The zero-order chi connectivity index (χ0) is 22.9. The number of esters is 2. The summed E-state index contributed by atoms with van der Waals surface area (Å²) in [5.41, 5.74) is 5.10. The number of benzene rings is 3. The van der Waals surface area contributed by atoms with E-state index in [0.717, 1.165) is 28.5 Å². The molecule has 0 aromatic heterocycles. The van der Waals surface area contributed by atoms with Gasteiger partial charge in [-0.25, -0.2) is 9.59 Å². The van der Waals surface area contributed by atoms with Crippen molar-refractivity contribution in [3.63, 3.8) is 0 Å². The maximum atomic E-state index is 11.5. The third-order valence-corrected chi connectivity index (χ3v) is 4.74. The zero-order valence-electron chi connectivity index (χ0n) is 17.8. The smallest absolute Gasteiger partial charge is 0.337 e. The molecule has 5 nitrogen and oxygen atoms in total. The SMILES string of the molecule is COC(=O)c1ccc(/C=C/c2cc(C=O)cc(/C=C/c3ccc(C(=O)OC)cc3)c2)cc1. The minimum absolute atomic E-state index is 0.379. The highest BCUT2D eigenvalue weighted by atomic mass is 16.5. The van der Waals surface area contributed by atoms with Gasteiger partial charge in [-0.05, 0) is 64.7 Å². The van der Waals surface area contributed by atoms with Gasteiger partial charge in [0.1, 0.15) is 6.29 Å². The average molecular weight is 426 g/mol. The van der Waals surface area contributed by atoms with Crippen LogP contribution in [0.3, 0.4) is 0 Å². The first-order valence-corrected chi connectivity index (χ1v) is 9.85. The third-order valence-electron chi connectivity index (χ3n) is 4.74. The molecule has 0 fully saturated rings. The van der Waals surface area contributed by atoms with E-state index in [1.807, 2.05) is 54.6 Å². The fourth-order valence-electron chi connectivity index (χ4n) is 3.04. The van der Waals surface area contributed by atoms with Crippen LogP contribution < -0.4 is 0 Å². The Morgan fingerprint density at radius 2 is 0.906 bits per heavy atom. The van der Waals surface area contributed by atoms with Crippen LogP contribution in [0.15, 0.2) is 66.7 Å². The molecular formula is C27H22O5. The van der Waals surface area contributed by atoms with Crippen LogP contribution >= 0.6 is 0 Å². The fraction of sp³-hybridized carbons (Fsp3) is 0.0741. The number of aldehydes is 1. The van der Waals surface area contributed by atoms with Crippen LogP contribution in [0.4, 0.5) is 0 Å². The highest BCUT2D eigenvalue weighted by Gasteiger charge is 2.04. The van der Waals surface area contributed by atoms with Crippen molar-refractivity contribution in [2.45, 2.75) is 0 Å². The van der Waals surface area contributed by atoms with Crippen molar-refractivity contribution in [3.05, 3.63) is 106 Å². The maximum Gasteiger partial charge on any atom is 0.337 e. The maximum absolute atomic E-state index is 11.5. The molecule has 0 spiro atoms. The quantitative estimate of drug-likeness (QED) is 0.287. The van der Waals surface area contributed by atoms with Crippen molar-refractivity contribution in [3.8, 4) is 0 Å². The number of carbonyl (C=O) groups excluding carboxylic acids is 3. The molecular weight excluding hydrogens is 404 g/mol. The van der Waals surface area contributed by atoms with E-state index >= 15 is 0 Å². The molecule has 160 valence electrons. The summed E-state index contributed by atoms with van der Waals surface area (Å²) in [5.74, 6) is -0.758. The molecule has 0 saturated heterocycles. The van der Waals surface area contributed by atoms with Crippen LogP contribution in [-0.2, 0) is 9.47 Å². The van der Waals surface area contributed by atoms with Gasteiger partial charge in [-0.3, -0.25) is 4.79 Å². The molecule has 0 N–H and O–H groups in total. The predicted molar refractivity (Wildman–Crippen MR) is 125 cm³/mol. The number of ether oxygens (including phenoxy) is 2. The first-order valence-electron chi connectivity index (χ1n) is 9.85. The lowest BCUT2D eigenvalue weighted by molar-refractivity contribution is 0.0592. The van der Waals surface area contributed by atoms with Crippen LogP contribution in [0.5, 0.6) is 0 Å². The molecule has 0 bridgehead atoms. The molecule has 0 saturated carbocycles. The highest BCUT2D eigenvalue weighted by molar-refractivity contribution is 5.90. The van der Waals surface area contributed by atoms with Gasteiger partial charge in [0.15, 0.2) is 0 Å². The lowest BCUT2D eigenvalue weighted by Crippen LogP contribution is -2.00. The summed E-state index contributed by atoms with van der Waals surface area (Å²) in [5, 5.41) is 0. The van der Waals surface area contributed by atoms with Gasteiger partial charge in [0.2, 0.25) is 0 Å². The Bertz CT molecular complexity index is 1080. The number of hydrogen-bond acceptors (Lipinski definition) is 5. The predicted octanol–water partition coefficient (Wildman–Crippen LogP) is 5.41. The van der Waals surface area contributed by atoms with E-state index in [0.29, 0.717) is 16.7 Å². The van der Waals surface area contributed by atoms with Gasteiger partial charge in [-0.1, -0.05) is 48.6 Å². The van der Waals surface area contributed by atoms with Gasteiger partial charge < -0.3 is 9.47 Å². The lowest BCUT2D eigenvalue weighted by Gasteiger charge is -2.02. The molecule has 0 amide bonds. The van der Waals surface area contributed by atoms with Gasteiger partial charge in [0.25, 0.3) is 0 Å². The van der Waals surface area contributed by atoms with E-state index < -0.39 is 0 Å². The number of rotatable bonds is 7. The fourth-order valence-corrected chi connectivity index (χ4v) is 3.04. The van der Waals surface area contributed by atoms with E-state index in [1.165, 1.54) is 14.2 Å². The summed E-state index contributed by atoms with van der Waals surface area (Å²) < 4.78 is 9.41. The van der Waals surface area contributed by atoms with E-state index in [4.69, 9.17) is 9.47 Å². The Morgan fingerprint density at radius 3 is 1.25 bits per heavy atom. The lowest BCUT2D eigenvalue weighted by atomic mass is 10.0. The molecule has 3 aromatic carbocycles. The Balaban J connectivity index is 1.78. The van der Waals surface area contributed by atoms with Crippen LogP contribution in [0, 0.1) is 0 Å². The first kappa shape index (κ1) is 22.4. The largest absolute Gasteiger partial charge is 0.465 e. The van der Waals surface area contributed by atoms with Crippen LogP contribution in [0.1, 0.15) is 53.3 Å². The van der Waals surface area contributed by atoms with E-state index in [-0.39, 0.29) is 11.9 Å². The molecule has 0 unspecified atom stereocenters. The normalized spacial score (nSPS) is 10.9. The topological polar surface area (TPSA) is 69.7 Å². The summed E-state index contributed by atoms with van der Waals surface area (Å²) in [6, 6.07) is 19.7. The van der Waals surface area contributed by atoms with Crippen molar-refractivity contribution < 1.29 is 23.9 Å². The van der Waals surface area contributed by atoms with Gasteiger partial charge in [-0.2, -0.15) is 0 Å². The third kappa shape index (κ3) is 5.89. The average Bonchev–Trinajstić information content (AvgIpc) is 2.85. The van der Waals surface area contributed by atoms with E-state index in [2.05, 4.69) is 0 Å². The molecule has 0 radical (unpaired) electrons. The van der Waals surface area contributed by atoms with Crippen LogP contribution in [-0.4, -0.2) is 32.4 Å². The molecule has 0 atom stereocenters. The second-order valence-corrected chi connectivity index (χ2v) is 6.94. The second kappa shape index (κ2) is 10.7. The van der Waals surface area contributed by atoms with E-state index in [9.17, 15) is 14.4 Å². The van der Waals surface area contributed by atoms with Crippen LogP contribution in [0.25, 0.3) is 24.3 Å². The van der Waals surface area contributed by atoms with Crippen LogP contribution in [0.2, 0.25) is 0 Å². The summed E-state index contributed by atoms with van der Waals surface area (Å²) >= 11 is 0. The Morgan fingerprint density at radius 1 is 0.562 bits per heavy atom. The minimum atomic E-state index is -0.379. The molecule has 0 aliphatic heterocycles. The molecule has 0 aliphatic carbocycles. The first-order chi connectivity index (χ1) is 15.5. The Hall–Kier alpha value is -4.25. The number of methoxy groups -OCH3 is 2. The van der Waals surface area contributed by atoms with Gasteiger partial charge in [0.05, 0.1) is 25.3 Å². The number of hydrogen-bond donors (Lipinski definition) is 0. The Labute approximate surface area is 186 Å². The second-order valence-electron chi connectivity index (χ2n) is 6.94. The minimum Gasteiger partial charge on any atom is -0.465 e. The molecule has 32 heavy (non-hydrogen) atoms. The monoisotopic (exact) mass is 426 g/mol. The summed E-state index contributed by atoms with van der Waals surface area (Å²) in [4.78, 5) is 34.5. The van der Waals surface area contributed by atoms with E-state index in [1.54, 1.807) is 36.4 Å². The van der Waals surface area contributed by atoms with Crippen molar-refractivity contribution in [1.82, 2.24) is 0 Å². The van der Waals surface area contributed by atoms with Crippen molar-refractivity contribution in [2.75, 3.05) is 14.2 Å². The molecule has 3 rings (SSSR count). The molecule has 0 aliphatic rings.